The van der Waals surface area contributed by atoms with Gasteiger partial charge in [-0.05, 0) is 25.5 Å². The van der Waals surface area contributed by atoms with Gasteiger partial charge in [-0.1, -0.05) is 36.1 Å². The fourth-order valence-electron chi connectivity index (χ4n) is 1.31. The van der Waals surface area contributed by atoms with Gasteiger partial charge in [0, 0.05) is 11.6 Å². The van der Waals surface area contributed by atoms with Crippen molar-refractivity contribution in [3.8, 4) is 11.8 Å². The standard InChI is InChI=1S/C15H17Cl2N/c1-3-8-14(15(2,16)17)18-12-7-11-13-9-5-4-6-10-13/h3-6,9-10,14,18H,1,8,12H2,2H3/i12D2. The first-order chi connectivity index (χ1) is 9.24. The van der Waals surface area contributed by atoms with Crippen molar-refractivity contribution >= 4 is 23.2 Å². The number of hydrogen-bond acceptors (Lipinski definition) is 1. The van der Waals surface area contributed by atoms with Gasteiger partial charge in [-0.3, -0.25) is 0 Å². The second-order valence-corrected chi connectivity index (χ2v) is 5.68. The van der Waals surface area contributed by atoms with Gasteiger partial charge in [0.1, 0.15) is 4.33 Å². The van der Waals surface area contributed by atoms with Gasteiger partial charge in [0.15, 0.2) is 0 Å². The Kier molecular flexibility index (Phi) is 5.04. The fourth-order valence-corrected chi connectivity index (χ4v) is 1.59. The van der Waals surface area contributed by atoms with Crippen LogP contribution in [0.1, 0.15) is 21.6 Å². The van der Waals surface area contributed by atoms with Gasteiger partial charge in [-0.15, -0.1) is 29.8 Å². The highest BCUT2D eigenvalue weighted by Gasteiger charge is 2.27. The van der Waals surface area contributed by atoms with E-state index in [9.17, 15) is 0 Å². The average molecular weight is 284 g/mol. The van der Waals surface area contributed by atoms with E-state index in [1.807, 2.05) is 30.3 Å². The van der Waals surface area contributed by atoms with E-state index >= 15 is 0 Å². The molecule has 0 bridgehead atoms. The summed E-state index contributed by atoms with van der Waals surface area (Å²) in [6.07, 6.45) is 2.08. The van der Waals surface area contributed by atoms with Gasteiger partial charge in [-0.2, -0.15) is 0 Å². The molecular formula is C15H17Cl2N. The monoisotopic (exact) mass is 283 g/mol. The normalized spacial score (nSPS) is 14.8. The van der Waals surface area contributed by atoms with Crippen molar-refractivity contribution in [1.82, 2.24) is 5.32 Å². The highest BCUT2D eigenvalue weighted by Crippen LogP contribution is 2.26. The summed E-state index contributed by atoms with van der Waals surface area (Å²) in [4.78, 5) is 0. The molecule has 0 aliphatic rings. The summed E-state index contributed by atoms with van der Waals surface area (Å²) >= 11 is 12.1. The molecule has 0 aromatic heterocycles. The topological polar surface area (TPSA) is 12.0 Å². The Morgan fingerprint density at radius 1 is 1.50 bits per heavy atom. The molecule has 0 amide bonds. The van der Waals surface area contributed by atoms with Crippen LogP contribution >= 0.6 is 23.2 Å². The summed E-state index contributed by atoms with van der Waals surface area (Å²) in [5, 5.41) is 2.73. The second kappa shape index (κ2) is 7.48. The molecule has 0 aliphatic heterocycles. The van der Waals surface area contributed by atoms with Crippen molar-refractivity contribution in [1.29, 1.82) is 0 Å². The third kappa shape index (κ3) is 5.60. The number of rotatable bonds is 5. The second-order valence-electron chi connectivity index (χ2n) is 3.92. The molecule has 0 fully saturated rings. The molecule has 96 valence electrons. The van der Waals surface area contributed by atoms with Crippen molar-refractivity contribution in [2.45, 2.75) is 23.7 Å². The van der Waals surface area contributed by atoms with E-state index in [0.717, 1.165) is 5.56 Å². The molecule has 0 spiro atoms. The molecular weight excluding hydrogens is 265 g/mol. The van der Waals surface area contributed by atoms with Crippen molar-refractivity contribution in [2.24, 2.45) is 0 Å². The zero-order valence-electron chi connectivity index (χ0n) is 12.2. The van der Waals surface area contributed by atoms with Gasteiger partial charge >= 0.3 is 0 Å². The molecule has 3 heteroatoms. The van der Waals surface area contributed by atoms with Crippen molar-refractivity contribution in [3.63, 3.8) is 0 Å². The lowest BCUT2D eigenvalue weighted by Gasteiger charge is -2.25. The average Bonchev–Trinajstić information content (AvgIpc) is 2.36. The SMILES string of the molecule is [2H]C([2H])(C#Cc1ccccc1)NC(CC=C)C(C)(Cl)Cl. The van der Waals surface area contributed by atoms with Crippen LogP contribution < -0.4 is 5.32 Å². The van der Waals surface area contributed by atoms with Gasteiger partial charge in [-0.25, -0.2) is 0 Å². The van der Waals surface area contributed by atoms with E-state index < -0.39 is 16.9 Å². The van der Waals surface area contributed by atoms with E-state index in [0.29, 0.717) is 6.42 Å². The fraction of sp³-hybridized carbons (Fsp3) is 0.333. The van der Waals surface area contributed by atoms with Crippen molar-refractivity contribution in [3.05, 3.63) is 48.6 Å². The Morgan fingerprint density at radius 3 is 2.72 bits per heavy atom. The molecule has 1 nitrogen and oxygen atoms in total. The van der Waals surface area contributed by atoms with Crippen LogP contribution in [0, 0.1) is 11.8 Å². The summed E-state index contributed by atoms with van der Waals surface area (Å²) < 4.78 is 14.7. The summed E-state index contributed by atoms with van der Waals surface area (Å²) in [5.41, 5.74) is 0.748. The van der Waals surface area contributed by atoms with Crippen molar-refractivity contribution < 1.29 is 2.74 Å². The first-order valence-corrected chi connectivity index (χ1v) is 6.35. The minimum absolute atomic E-state index is 0.441. The predicted molar refractivity (Wildman–Crippen MR) is 80.0 cm³/mol. The van der Waals surface area contributed by atoms with Crippen LogP contribution in [-0.4, -0.2) is 16.9 Å². The molecule has 1 aromatic rings. The smallest absolute Gasteiger partial charge is 0.131 e. The highest BCUT2D eigenvalue weighted by molar-refractivity contribution is 6.48. The molecule has 1 rings (SSSR count). The zero-order valence-corrected chi connectivity index (χ0v) is 11.7. The molecule has 0 heterocycles. The third-order valence-electron chi connectivity index (χ3n) is 2.30. The summed E-state index contributed by atoms with van der Waals surface area (Å²) in [6, 6.07) is 8.73. The van der Waals surface area contributed by atoms with E-state index in [1.165, 1.54) is 0 Å². The minimum Gasteiger partial charge on any atom is -0.300 e. The number of benzene rings is 1. The van der Waals surface area contributed by atoms with Gasteiger partial charge in [0.05, 0.1) is 9.24 Å². The zero-order chi connectivity index (χ0) is 15.2. The van der Waals surface area contributed by atoms with Gasteiger partial charge in [0.25, 0.3) is 0 Å². The van der Waals surface area contributed by atoms with Crippen LogP contribution in [0.5, 0.6) is 0 Å². The van der Waals surface area contributed by atoms with Crippen LogP contribution in [0.15, 0.2) is 43.0 Å². The Bertz CT molecular complexity index is 498. The Balaban J connectivity index is 2.83. The number of nitrogens with one attached hydrogen (secondary N) is 1. The van der Waals surface area contributed by atoms with Gasteiger partial charge < -0.3 is 5.32 Å². The quantitative estimate of drug-likeness (QED) is 0.493. The van der Waals surface area contributed by atoms with Crippen molar-refractivity contribution in [2.75, 3.05) is 6.50 Å². The maximum absolute atomic E-state index is 7.89. The first-order valence-electron chi connectivity index (χ1n) is 6.59. The maximum Gasteiger partial charge on any atom is 0.131 e. The lowest BCUT2D eigenvalue weighted by atomic mass is 10.1. The summed E-state index contributed by atoms with van der Waals surface area (Å²) in [6.45, 7) is 3.34. The molecule has 0 aliphatic carbocycles. The lowest BCUT2D eigenvalue weighted by Crippen LogP contribution is -2.41. The Morgan fingerprint density at radius 2 is 2.17 bits per heavy atom. The molecule has 1 unspecified atom stereocenters. The molecule has 0 saturated carbocycles. The molecule has 1 aromatic carbocycles. The van der Waals surface area contributed by atoms with E-state index in [-0.39, 0.29) is 0 Å². The number of halogens is 2. The van der Waals surface area contributed by atoms with E-state index in [1.54, 1.807) is 13.0 Å². The van der Waals surface area contributed by atoms with Crippen LogP contribution in [0.4, 0.5) is 0 Å². The Hall–Kier alpha value is -0.940. The first kappa shape index (κ1) is 12.1. The van der Waals surface area contributed by atoms with Crippen LogP contribution in [0.2, 0.25) is 0 Å². The van der Waals surface area contributed by atoms with Crippen LogP contribution in [0.3, 0.4) is 0 Å². The number of hydrogen-bond donors (Lipinski definition) is 1. The molecule has 0 saturated heterocycles. The van der Waals surface area contributed by atoms with Crippen LogP contribution in [0.25, 0.3) is 0 Å². The lowest BCUT2D eigenvalue weighted by molar-refractivity contribution is 0.510. The molecule has 1 atom stereocenters. The molecule has 0 radical (unpaired) electrons. The predicted octanol–water partition coefficient (Wildman–Crippen LogP) is 3.77. The Labute approximate surface area is 122 Å². The molecule has 18 heavy (non-hydrogen) atoms. The molecule has 1 N–H and O–H groups in total. The highest BCUT2D eigenvalue weighted by atomic mass is 35.5. The largest absolute Gasteiger partial charge is 0.300 e. The third-order valence-corrected chi connectivity index (χ3v) is 2.83. The summed E-state index contributed by atoms with van der Waals surface area (Å²) in [7, 11) is 0. The van der Waals surface area contributed by atoms with E-state index in [2.05, 4.69) is 23.7 Å². The maximum atomic E-state index is 7.89. The van der Waals surface area contributed by atoms with Crippen LogP contribution in [-0.2, 0) is 0 Å². The summed E-state index contributed by atoms with van der Waals surface area (Å²) in [5.74, 6) is 5.34. The van der Waals surface area contributed by atoms with E-state index in [4.69, 9.17) is 25.9 Å². The minimum atomic E-state index is -1.89. The van der Waals surface area contributed by atoms with Gasteiger partial charge in [0.2, 0.25) is 0 Å². The number of alkyl halides is 2.